The van der Waals surface area contributed by atoms with E-state index in [0.717, 1.165) is 19.6 Å². The fraction of sp³-hybridized carbons (Fsp3) is 0.571. The van der Waals surface area contributed by atoms with E-state index in [0.29, 0.717) is 22.3 Å². The first-order valence-electron chi connectivity index (χ1n) is 6.84. The molecule has 1 heterocycles. The summed E-state index contributed by atoms with van der Waals surface area (Å²) in [6, 6.07) is 1.70. The van der Waals surface area contributed by atoms with E-state index >= 15 is 0 Å². The Morgan fingerprint density at radius 2 is 2.26 bits per heavy atom. The maximum atomic E-state index is 12.4. The predicted octanol–water partition coefficient (Wildman–Crippen LogP) is 3.04. The maximum Gasteiger partial charge on any atom is 0.255 e. The first-order chi connectivity index (χ1) is 9.15. The van der Waals surface area contributed by atoms with Crippen LogP contribution in [-0.4, -0.2) is 35.4 Å². The molecular formula is C14H20ClN3O. The van der Waals surface area contributed by atoms with Crippen molar-refractivity contribution in [2.75, 3.05) is 25.0 Å². The topological polar surface area (TPSA) is 45.2 Å². The molecule has 1 fully saturated rings. The average Bonchev–Trinajstić information content (AvgIpc) is 3.22. The Balaban J connectivity index is 2.10. The molecule has 104 valence electrons. The monoisotopic (exact) mass is 281 g/mol. The number of carbonyl (C=O) groups is 1. The van der Waals surface area contributed by atoms with Gasteiger partial charge in [0.15, 0.2) is 0 Å². The molecule has 0 saturated heterocycles. The van der Waals surface area contributed by atoms with Crippen LogP contribution < -0.4 is 5.32 Å². The second-order valence-electron chi connectivity index (χ2n) is 4.87. The van der Waals surface area contributed by atoms with Gasteiger partial charge >= 0.3 is 0 Å². The number of amides is 1. The molecule has 0 bridgehead atoms. The highest BCUT2D eigenvalue weighted by molar-refractivity contribution is 6.33. The zero-order chi connectivity index (χ0) is 13.8. The van der Waals surface area contributed by atoms with Gasteiger partial charge in [-0.25, -0.2) is 4.98 Å². The summed E-state index contributed by atoms with van der Waals surface area (Å²) in [6.45, 7) is 6.31. The van der Waals surface area contributed by atoms with Gasteiger partial charge in [-0.3, -0.25) is 4.79 Å². The van der Waals surface area contributed by atoms with Crippen LogP contribution in [0.15, 0.2) is 12.3 Å². The predicted molar refractivity (Wildman–Crippen MR) is 77.7 cm³/mol. The van der Waals surface area contributed by atoms with Crippen molar-refractivity contribution in [2.45, 2.75) is 26.7 Å². The average molecular weight is 282 g/mol. The molecule has 5 heteroatoms. The van der Waals surface area contributed by atoms with Crippen LogP contribution in [0.1, 0.15) is 37.0 Å². The van der Waals surface area contributed by atoms with Gasteiger partial charge in [0.05, 0.1) is 10.6 Å². The fourth-order valence-corrected chi connectivity index (χ4v) is 2.24. The Kier molecular flexibility index (Phi) is 4.64. The summed E-state index contributed by atoms with van der Waals surface area (Å²) in [5.74, 6) is 1.34. The first kappa shape index (κ1) is 14.1. The second kappa shape index (κ2) is 6.24. The SMILES string of the molecule is CCNc1ncc(C(=O)N(CC)CC2CC2)cc1Cl. The lowest BCUT2D eigenvalue weighted by Crippen LogP contribution is -2.32. The van der Waals surface area contributed by atoms with E-state index < -0.39 is 0 Å². The Morgan fingerprint density at radius 3 is 2.79 bits per heavy atom. The van der Waals surface area contributed by atoms with E-state index in [1.165, 1.54) is 12.8 Å². The number of nitrogens with zero attached hydrogens (tertiary/aromatic N) is 2. The van der Waals surface area contributed by atoms with Crippen LogP contribution in [0.4, 0.5) is 5.82 Å². The molecule has 1 aliphatic carbocycles. The van der Waals surface area contributed by atoms with Gasteiger partial charge < -0.3 is 10.2 Å². The summed E-state index contributed by atoms with van der Waals surface area (Å²) in [4.78, 5) is 18.5. The second-order valence-corrected chi connectivity index (χ2v) is 5.28. The highest BCUT2D eigenvalue weighted by Gasteiger charge is 2.26. The van der Waals surface area contributed by atoms with E-state index in [1.807, 2.05) is 18.7 Å². The molecule has 19 heavy (non-hydrogen) atoms. The third-order valence-corrected chi connectivity index (χ3v) is 3.56. The van der Waals surface area contributed by atoms with Crippen molar-refractivity contribution >= 4 is 23.3 Å². The van der Waals surface area contributed by atoms with Crippen LogP contribution in [0, 0.1) is 5.92 Å². The molecule has 1 aromatic heterocycles. The van der Waals surface area contributed by atoms with Crippen molar-refractivity contribution in [1.29, 1.82) is 0 Å². The van der Waals surface area contributed by atoms with Gasteiger partial charge in [0, 0.05) is 25.8 Å². The van der Waals surface area contributed by atoms with Crippen LogP contribution in [0.2, 0.25) is 5.02 Å². The molecule has 0 unspecified atom stereocenters. The van der Waals surface area contributed by atoms with Crippen LogP contribution in [0.5, 0.6) is 0 Å². The van der Waals surface area contributed by atoms with Crippen molar-refractivity contribution in [1.82, 2.24) is 9.88 Å². The normalized spacial score (nSPS) is 14.3. The van der Waals surface area contributed by atoms with Gasteiger partial charge in [0.1, 0.15) is 5.82 Å². The van der Waals surface area contributed by atoms with Gasteiger partial charge in [-0.1, -0.05) is 11.6 Å². The van der Waals surface area contributed by atoms with E-state index in [1.54, 1.807) is 12.3 Å². The number of hydrogen-bond acceptors (Lipinski definition) is 3. The van der Waals surface area contributed by atoms with Crippen LogP contribution in [0.25, 0.3) is 0 Å². The molecule has 1 N–H and O–H groups in total. The Bertz CT molecular complexity index is 460. The zero-order valence-electron chi connectivity index (χ0n) is 11.4. The summed E-state index contributed by atoms with van der Waals surface area (Å²) in [5, 5.41) is 3.55. The number of nitrogens with one attached hydrogen (secondary N) is 1. The van der Waals surface area contributed by atoms with E-state index in [9.17, 15) is 4.79 Å². The van der Waals surface area contributed by atoms with Crippen LogP contribution >= 0.6 is 11.6 Å². The molecule has 1 aromatic rings. The Labute approximate surface area is 119 Å². The summed E-state index contributed by atoms with van der Waals surface area (Å²) >= 11 is 6.12. The molecule has 2 rings (SSSR count). The van der Waals surface area contributed by atoms with E-state index in [2.05, 4.69) is 10.3 Å². The third kappa shape index (κ3) is 3.60. The Hall–Kier alpha value is -1.29. The van der Waals surface area contributed by atoms with Crippen LogP contribution in [0.3, 0.4) is 0 Å². The number of halogens is 1. The van der Waals surface area contributed by atoms with Crippen LogP contribution in [-0.2, 0) is 0 Å². The van der Waals surface area contributed by atoms with Crippen molar-refractivity contribution < 1.29 is 4.79 Å². The summed E-state index contributed by atoms with van der Waals surface area (Å²) in [5.41, 5.74) is 0.564. The molecule has 0 atom stereocenters. The highest BCUT2D eigenvalue weighted by Crippen LogP contribution is 2.30. The lowest BCUT2D eigenvalue weighted by atomic mass is 10.2. The van der Waals surface area contributed by atoms with Crippen molar-refractivity contribution in [3.63, 3.8) is 0 Å². The number of aromatic nitrogens is 1. The minimum atomic E-state index is 0.0202. The standard InChI is InChI=1S/C14H20ClN3O/c1-3-16-13-12(15)7-11(8-17-13)14(19)18(4-2)9-10-5-6-10/h7-8,10H,3-6,9H2,1-2H3,(H,16,17). The molecule has 0 radical (unpaired) electrons. The smallest absolute Gasteiger partial charge is 0.255 e. The maximum absolute atomic E-state index is 12.4. The largest absolute Gasteiger partial charge is 0.369 e. The van der Waals surface area contributed by atoms with Gasteiger partial charge in [0.25, 0.3) is 5.91 Å². The van der Waals surface area contributed by atoms with E-state index in [4.69, 9.17) is 11.6 Å². The summed E-state index contributed by atoms with van der Waals surface area (Å²) < 4.78 is 0. The minimum Gasteiger partial charge on any atom is -0.369 e. The van der Waals surface area contributed by atoms with Crippen molar-refractivity contribution in [3.05, 3.63) is 22.8 Å². The van der Waals surface area contributed by atoms with Gasteiger partial charge in [-0.05, 0) is 38.7 Å². The molecule has 0 aliphatic heterocycles. The number of anilines is 1. The first-order valence-corrected chi connectivity index (χ1v) is 7.22. The molecule has 0 aromatic carbocycles. The van der Waals surface area contributed by atoms with Gasteiger partial charge in [0.2, 0.25) is 0 Å². The quantitative estimate of drug-likeness (QED) is 0.872. The third-order valence-electron chi connectivity index (χ3n) is 3.28. The van der Waals surface area contributed by atoms with Gasteiger partial charge in [-0.15, -0.1) is 0 Å². The minimum absolute atomic E-state index is 0.0202. The number of pyridine rings is 1. The number of hydrogen-bond donors (Lipinski definition) is 1. The summed E-state index contributed by atoms with van der Waals surface area (Å²) in [6.07, 6.45) is 4.08. The summed E-state index contributed by atoms with van der Waals surface area (Å²) in [7, 11) is 0. The van der Waals surface area contributed by atoms with Crippen molar-refractivity contribution in [2.24, 2.45) is 5.92 Å². The number of rotatable bonds is 6. The Morgan fingerprint density at radius 1 is 1.53 bits per heavy atom. The fourth-order valence-electron chi connectivity index (χ4n) is 2.00. The van der Waals surface area contributed by atoms with Gasteiger partial charge in [-0.2, -0.15) is 0 Å². The molecule has 0 spiro atoms. The molecule has 4 nitrogen and oxygen atoms in total. The molecule has 1 amide bonds. The molecule has 1 saturated carbocycles. The molecular weight excluding hydrogens is 262 g/mol. The number of carbonyl (C=O) groups excluding carboxylic acids is 1. The van der Waals surface area contributed by atoms with Crippen molar-refractivity contribution in [3.8, 4) is 0 Å². The van der Waals surface area contributed by atoms with E-state index in [-0.39, 0.29) is 5.91 Å². The zero-order valence-corrected chi connectivity index (χ0v) is 12.2. The lowest BCUT2D eigenvalue weighted by molar-refractivity contribution is 0.0756. The molecule has 1 aliphatic rings. The lowest BCUT2D eigenvalue weighted by Gasteiger charge is -2.20. The highest BCUT2D eigenvalue weighted by atomic mass is 35.5.